The van der Waals surface area contributed by atoms with E-state index < -0.39 is 0 Å². The van der Waals surface area contributed by atoms with Gasteiger partial charge in [0.05, 0.1) is 24.5 Å². The molecule has 2 aromatic heterocycles. The van der Waals surface area contributed by atoms with Gasteiger partial charge >= 0.3 is 0 Å². The third kappa shape index (κ3) is 2.73. The lowest BCUT2D eigenvalue weighted by atomic mass is 10.3. The van der Waals surface area contributed by atoms with Crippen LogP contribution in [0.1, 0.15) is 22.3 Å². The third-order valence-electron chi connectivity index (χ3n) is 3.19. The van der Waals surface area contributed by atoms with Crippen LogP contribution in [-0.4, -0.2) is 50.4 Å². The van der Waals surface area contributed by atoms with Crippen molar-refractivity contribution in [3.05, 3.63) is 23.0 Å². The zero-order valence-corrected chi connectivity index (χ0v) is 12.8. The van der Waals surface area contributed by atoms with Crippen molar-refractivity contribution in [3.8, 4) is 10.6 Å². The second kappa shape index (κ2) is 5.72. The van der Waals surface area contributed by atoms with Crippen LogP contribution in [0.25, 0.3) is 10.6 Å². The van der Waals surface area contributed by atoms with E-state index in [1.807, 2.05) is 20.2 Å². The Morgan fingerprint density at radius 1 is 1.60 bits per heavy atom. The molecule has 0 aliphatic rings. The lowest BCUT2D eigenvalue weighted by Gasteiger charge is -2.22. The number of likely N-dealkylation sites (N-methyl/N-ethyl adjacent to an activating group) is 1. The first kappa shape index (κ1) is 14.7. The predicted octanol–water partition coefficient (Wildman–Crippen LogP) is 1.30. The monoisotopic (exact) mass is 294 g/mol. The topological polar surface area (TPSA) is 71.2 Å². The predicted molar refractivity (Wildman–Crippen MR) is 77.7 cm³/mol. The first-order valence-electron chi connectivity index (χ1n) is 6.28. The van der Waals surface area contributed by atoms with E-state index in [-0.39, 0.29) is 18.6 Å². The molecule has 1 unspecified atom stereocenters. The van der Waals surface area contributed by atoms with E-state index in [0.29, 0.717) is 10.6 Å². The summed E-state index contributed by atoms with van der Waals surface area (Å²) in [6.45, 7) is 3.56. The summed E-state index contributed by atoms with van der Waals surface area (Å²) in [6.07, 6.45) is 3.60. The van der Waals surface area contributed by atoms with Gasteiger partial charge < -0.3 is 10.0 Å². The molecule has 1 amide bonds. The number of rotatable bonds is 4. The van der Waals surface area contributed by atoms with Gasteiger partial charge in [0.2, 0.25) is 0 Å². The summed E-state index contributed by atoms with van der Waals surface area (Å²) in [5.74, 6) is -0.114. The minimum atomic E-state index is -0.217. The molecule has 0 fully saturated rings. The van der Waals surface area contributed by atoms with Crippen molar-refractivity contribution in [2.75, 3.05) is 13.7 Å². The Morgan fingerprint density at radius 2 is 2.30 bits per heavy atom. The molecule has 1 N–H and O–H groups in total. The van der Waals surface area contributed by atoms with Crippen molar-refractivity contribution in [1.82, 2.24) is 19.7 Å². The minimum Gasteiger partial charge on any atom is -0.394 e. The van der Waals surface area contributed by atoms with Crippen LogP contribution in [0, 0.1) is 6.92 Å². The Bertz CT molecular complexity index is 620. The number of aromatic nitrogens is 3. The number of nitrogens with zero attached hydrogens (tertiary/aromatic N) is 4. The number of aliphatic hydroxyl groups is 1. The highest BCUT2D eigenvalue weighted by atomic mass is 32.1. The molecule has 1 atom stereocenters. The van der Waals surface area contributed by atoms with Gasteiger partial charge in [0.25, 0.3) is 5.91 Å². The van der Waals surface area contributed by atoms with E-state index in [9.17, 15) is 4.79 Å². The van der Waals surface area contributed by atoms with Crippen molar-refractivity contribution in [1.29, 1.82) is 0 Å². The number of hydrogen-bond acceptors (Lipinski definition) is 5. The molecule has 0 aromatic carbocycles. The number of aliphatic hydroxyl groups excluding tert-OH is 1. The molecule has 108 valence electrons. The van der Waals surface area contributed by atoms with Gasteiger partial charge in [-0.3, -0.25) is 9.48 Å². The summed E-state index contributed by atoms with van der Waals surface area (Å²) in [4.78, 5) is 19.0. The van der Waals surface area contributed by atoms with Gasteiger partial charge in [-0.05, 0) is 13.8 Å². The molecule has 2 heterocycles. The van der Waals surface area contributed by atoms with Crippen LogP contribution < -0.4 is 0 Å². The van der Waals surface area contributed by atoms with Gasteiger partial charge in [-0.25, -0.2) is 4.98 Å². The van der Waals surface area contributed by atoms with E-state index in [1.165, 1.54) is 16.2 Å². The lowest BCUT2D eigenvalue weighted by Crippen LogP contribution is -2.37. The molecule has 2 aromatic rings. The fourth-order valence-corrected chi connectivity index (χ4v) is 2.76. The quantitative estimate of drug-likeness (QED) is 0.923. The average molecular weight is 294 g/mol. The normalized spacial score (nSPS) is 12.4. The first-order chi connectivity index (χ1) is 9.43. The van der Waals surface area contributed by atoms with Crippen LogP contribution >= 0.6 is 11.3 Å². The molecule has 0 spiro atoms. The van der Waals surface area contributed by atoms with Crippen molar-refractivity contribution in [2.45, 2.75) is 19.9 Å². The molecule has 0 saturated heterocycles. The molecule has 0 radical (unpaired) electrons. The molecule has 7 heteroatoms. The number of thiazole rings is 1. The van der Waals surface area contributed by atoms with Crippen LogP contribution in [0.3, 0.4) is 0 Å². The highest BCUT2D eigenvalue weighted by molar-refractivity contribution is 7.17. The van der Waals surface area contributed by atoms with Crippen LogP contribution in [-0.2, 0) is 7.05 Å². The van der Waals surface area contributed by atoms with Crippen molar-refractivity contribution in [3.63, 3.8) is 0 Å². The third-order valence-corrected chi connectivity index (χ3v) is 4.38. The number of amides is 1. The maximum Gasteiger partial charge on any atom is 0.265 e. The fraction of sp³-hybridized carbons (Fsp3) is 0.462. The lowest BCUT2D eigenvalue weighted by molar-refractivity contribution is 0.0686. The standard InChI is InChI=1S/C13H18N4O2S/c1-8(7-18)17(4)13(19)11-9(2)15-12(20-11)10-5-14-16(3)6-10/h5-6,8,18H,7H2,1-4H3. The summed E-state index contributed by atoms with van der Waals surface area (Å²) < 4.78 is 1.70. The smallest absolute Gasteiger partial charge is 0.265 e. The molecule has 20 heavy (non-hydrogen) atoms. The highest BCUT2D eigenvalue weighted by Gasteiger charge is 2.22. The van der Waals surface area contributed by atoms with Gasteiger partial charge in [-0.2, -0.15) is 5.10 Å². The maximum absolute atomic E-state index is 12.4. The molecule has 0 aliphatic heterocycles. The Kier molecular flexibility index (Phi) is 4.20. The highest BCUT2D eigenvalue weighted by Crippen LogP contribution is 2.28. The van der Waals surface area contributed by atoms with E-state index in [0.717, 1.165) is 10.6 Å². The first-order valence-corrected chi connectivity index (χ1v) is 7.10. The summed E-state index contributed by atoms with van der Waals surface area (Å²) in [5, 5.41) is 14.0. The van der Waals surface area contributed by atoms with Gasteiger partial charge in [0.15, 0.2) is 0 Å². The zero-order valence-electron chi connectivity index (χ0n) is 12.0. The molecule has 0 aliphatic carbocycles. The molecule has 0 bridgehead atoms. The van der Waals surface area contributed by atoms with E-state index in [4.69, 9.17) is 5.11 Å². The summed E-state index contributed by atoms with van der Waals surface area (Å²) in [5.41, 5.74) is 1.60. The molecule has 2 rings (SSSR count). The second-order valence-electron chi connectivity index (χ2n) is 4.78. The van der Waals surface area contributed by atoms with Gasteiger partial charge in [-0.15, -0.1) is 11.3 Å². The maximum atomic E-state index is 12.4. The number of carbonyl (C=O) groups is 1. The number of hydrogen-bond donors (Lipinski definition) is 1. The molecule has 0 saturated carbocycles. The van der Waals surface area contributed by atoms with Crippen molar-refractivity contribution in [2.24, 2.45) is 7.05 Å². The molecular formula is C13H18N4O2S. The van der Waals surface area contributed by atoms with Crippen molar-refractivity contribution < 1.29 is 9.90 Å². The van der Waals surface area contributed by atoms with Crippen LogP contribution in [0.15, 0.2) is 12.4 Å². The summed E-state index contributed by atoms with van der Waals surface area (Å²) in [7, 11) is 3.53. The Morgan fingerprint density at radius 3 is 2.85 bits per heavy atom. The zero-order chi connectivity index (χ0) is 14.9. The van der Waals surface area contributed by atoms with Crippen molar-refractivity contribution >= 4 is 17.2 Å². The minimum absolute atomic E-state index is 0.0600. The van der Waals surface area contributed by atoms with Crippen LogP contribution in [0.5, 0.6) is 0 Å². The number of aryl methyl sites for hydroxylation is 2. The Labute approximate surface area is 121 Å². The molecular weight excluding hydrogens is 276 g/mol. The van der Waals surface area contributed by atoms with Crippen LogP contribution in [0.2, 0.25) is 0 Å². The average Bonchev–Trinajstić information content (AvgIpc) is 3.02. The largest absolute Gasteiger partial charge is 0.394 e. The molecule has 6 nitrogen and oxygen atoms in total. The summed E-state index contributed by atoms with van der Waals surface area (Å²) >= 11 is 1.35. The van der Waals surface area contributed by atoms with Crippen LogP contribution in [0.4, 0.5) is 0 Å². The summed E-state index contributed by atoms with van der Waals surface area (Å²) in [6, 6.07) is -0.217. The fourth-order valence-electron chi connectivity index (χ4n) is 1.73. The van der Waals surface area contributed by atoms with E-state index >= 15 is 0 Å². The van der Waals surface area contributed by atoms with E-state index in [1.54, 1.807) is 24.9 Å². The number of carbonyl (C=O) groups excluding carboxylic acids is 1. The SMILES string of the molecule is Cc1nc(-c2cnn(C)c2)sc1C(=O)N(C)C(C)CO. The van der Waals surface area contributed by atoms with Gasteiger partial charge in [0.1, 0.15) is 9.88 Å². The Hall–Kier alpha value is -1.73. The van der Waals surface area contributed by atoms with Gasteiger partial charge in [-0.1, -0.05) is 0 Å². The van der Waals surface area contributed by atoms with Gasteiger partial charge in [0, 0.05) is 25.9 Å². The second-order valence-corrected chi connectivity index (χ2v) is 5.78. The Balaban J connectivity index is 2.30. The van der Waals surface area contributed by atoms with E-state index in [2.05, 4.69) is 10.1 Å².